The highest BCUT2D eigenvalue weighted by atomic mass is 19.1. The number of nitriles is 1. The molecular formula is C12H10FN3O. The predicted octanol–water partition coefficient (Wildman–Crippen LogP) is 2.01. The Labute approximate surface area is 97.9 Å². The van der Waals surface area contributed by atoms with E-state index in [0.717, 1.165) is 11.8 Å². The van der Waals surface area contributed by atoms with Gasteiger partial charge in [-0.1, -0.05) is 0 Å². The maximum atomic E-state index is 13.4. The van der Waals surface area contributed by atoms with Crippen LogP contribution in [0.5, 0.6) is 5.75 Å². The van der Waals surface area contributed by atoms with Gasteiger partial charge in [0.05, 0.1) is 17.3 Å². The maximum absolute atomic E-state index is 13.4. The summed E-state index contributed by atoms with van der Waals surface area (Å²) in [6.45, 7) is 0.198. The molecule has 0 atom stereocenters. The number of benzene rings is 1. The highest BCUT2D eigenvalue weighted by molar-refractivity contribution is 5.36. The normalized spacial score (nSPS) is 9.94. The van der Waals surface area contributed by atoms with E-state index in [1.54, 1.807) is 24.0 Å². The zero-order chi connectivity index (χ0) is 12.3. The average molecular weight is 231 g/mol. The minimum Gasteiger partial charge on any atom is -0.484 e. The van der Waals surface area contributed by atoms with Crippen LogP contribution in [0, 0.1) is 17.1 Å². The molecule has 0 fully saturated rings. The highest BCUT2D eigenvalue weighted by Gasteiger charge is 2.05. The van der Waals surface area contributed by atoms with Crippen molar-refractivity contribution in [1.29, 1.82) is 5.26 Å². The van der Waals surface area contributed by atoms with E-state index >= 15 is 0 Å². The van der Waals surface area contributed by atoms with Gasteiger partial charge in [-0.15, -0.1) is 0 Å². The summed E-state index contributed by atoms with van der Waals surface area (Å²) in [7, 11) is 1.80. The van der Waals surface area contributed by atoms with Crippen LogP contribution in [0.25, 0.3) is 0 Å². The van der Waals surface area contributed by atoms with Crippen LogP contribution >= 0.6 is 0 Å². The molecule has 0 spiro atoms. The Balaban J connectivity index is 2.07. The Morgan fingerprint density at radius 3 is 2.88 bits per heavy atom. The van der Waals surface area contributed by atoms with Gasteiger partial charge in [-0.25, -0.2) is 4.39 Å². The minimum absolute atomic E-state index is 0.120. The molecule has 2 aromatic rings. The van der Waals surface area contributed by atoms with Crippen LogP contribution < -0.4 is 4.74 Å². The Kier molecular flexibility index (Phi) is 3.06. The summed E-state index contributed by atoms with van der Waals surface area (Å²) < 4.78 is 20.4. The SMILES string of the molecule is Cn1ccc(COc2ccc(C#N)cc2F)n1. The van der Waals surface area contributed by atoms with Crippen LogP contribution in [-0.4, -0.2) is 9.78 Å². The van der Waals surface area contributed by atoms with Crippen LogP contribution in [0.3, 0.4) is 0 Å². The summed E-state index contributed by atoms with van der Waals surface area (Å²) in [6, 6.07) is 7.75. The van der Waals surface area contributed by atoms with Crippen LogP contribution in [0.4, 0.5) is 4.39 Å². The molecule has 1 aromatic carbocycles. The smallest absolute Gasteiger partial charge is 0.166 e. The first-order valence-electron chi connectivity index (χ1n) is 5.00. The molecule has 0 bridgehead atoms. The third-order valence-corrected chi connectivity index (χ3v) is 2.21. The molecule has 2 rings (SSSR count). The molecule has 0 radical (unpaired) electrons. The molecule has 0 aliphatic rings. The zero-order valence-corrected chi connectivity index (χ0v) is 9.22. The highest BCUT2D eigenvalue weighted by Crippen LogP contribution is 2.18. The van der Waals surface area contributed by atoms with Crippen LogP contribution in [0.15, 0.2) is 30.5 Å². The fraction of sp³-hybridized carbons (Fsp3) is 0.167. The van der Waals surface area contributed by atoms with Crippen molar-refractivity contribution in [3.63, 3.8) is 0 Å². The van der Waals surface area contributed by atoms with E-state index in [2.05, 4.69) is 5.10 Å². The molecule has 17 heavy (non-hydrogen) atoms. The van der Waals surface area contributed by atoms with E-state index in [1.165, 1.54) is 12.1 Å². The summed E-state index contributed by atoms with van der Waals surface area (Å²) in [4.78, 5) is 0. The molecule has 4 nitrogen and oxygen atoms in total. The van der Waals surface area contributed by atoms with Crippen molar-refractivity contribution in [2.75, 3.05) is 0 Å². The van der Waals surface area contributed by atoms with Gasteiger partial charge in [-0.3, -0.25) is 4.68 Å². The van der Waals surface area contributed by atoms with Gasteiger partial charge in [-0.05, 0) is 24.3 Å². The molecule has 0 unspecified atom stereocenters. The monoisotopic (exact) mass is 231 g/mol. The Morgan fingerprint density at radius 2 is 2.29 bits per heavy atom. The number of hydrogen-bond donors (Lipinski definition) is 0. The maximum Gasteiger partial charge on any atom is 0.166 e. The first kappa shape index (κ1) is 11.1. The summed E-state index contributed by atoms with van der Waals surface area (Å²) >= 11 is 0. The van der Waals surface area contributed by atoms with E-state index in [9.17, 15) is 4.39 Å². The van der Waals surface area contributed by atoms with E-state index < -0.39 is 5.82 Å². The lowest BCUT2D eigenvalue weighted by molar-refractivity contribution is 0.285. The standard InChI is InChI=1S/C12H10FN3O/c1-16-5-4-10(15-16)8-17-12-3-2-9(7-14)6-11(12)13/h2-6H,8H2,1H3. The van der Waals surface area contributed by atoms with E-state index in [0.29, 0.717) is 0 Å². The molecule has 86 valence electrons. The summed E-state index contributed by atoms with van der Waals surface area (Å²) in [5.74, 6) is -0.422. The Hall–Kier alpha value is -2.35. The number of rotatable bonds is 3. The summed E-state index contributed by atoms with van der Waals surface area (Å²) in [6.07, 6.45) is 1.79. The lowest BCUT2D eigenvalue weighted by atomic mass is 10.2. The molecule has 0 N–H and O–H groups in total. The Bertz CT molecular complexity index is 571. The second-order valence-corrected chi connectivity index (χ2v) is 3.53. The largest absolute Gasteiger partial charge is 0.484 e. The van der Waals surface area contributed by atoms with Gasteiger partial charge in [0.1, 0.15) is 6.61 Å². The van der Waals surface area contributed by atoms with Crippen molar-refractivity contribution in [2.45, 2.75) is 6.61 Å². The Morgan fingerprint density at radius 1 is 1.47 bits per heavy atom. The number of aryl methyl sites for hydroxylation is 1. The average Bonchev–Trinajstić information content (AvgIpc) is 2.73. The number of aromatic nitrogens is 2. The fourth-order valence-corrected chi connectivity index (χ4v) is 1.38. The van der Waals surface area contributed by atoms with E-state index in [4.69, 9.17) is 10.00 Å². The zero-order valence-electron chi connectivity index (χ0n) is 9.22. The summed E-state index contributed by atoms with van der Waals surface area (Å²) in [5, 5.41) is 12.7. The van der Waals surface area contributed by atoms with Gasteiger partial charge in [-0.2, -0.15) is 10.4 Å². The first-order chi connectivity index (χ1) is 8.19. The number of ether oxygens (including phenoxy) is 1. The quantitative estimate of drug-likeness (QED) is 0.811. The predicted molar refractivity (Wildman–Crippen MR) is 58.7 cm³/mol. The summed E-state index contributed by atoms with van der Waals surface area (Å²) in [5.41, 5.74) is 0.990. The second kappa shape index (κ2) is 4.66. The van der Waals surface area contributed by atoms with Crippen LogP contribution in [0.1, 0.15) is 11.3 Å². The van der Waals surface area contributed by atoms with Crippen LogP contribution in [-0.2, 0) is 13.7 Å². The van der Waals surface area contributed by atoms with Crippen molar-refractivity contribution in [3.05, 3.63) is 47.5 Å². The third kappa shape index (κ3) is 2.61. The van der Waals surface area contributed by atoms with E-state index in [-0.39, 0.29) is 17.9 Å². The molecule has 0 aliphatic heterocycles. The number of nitrogens with zero attached hydrogens (tertiary/aromatic N) is 3. The minimum atomic E-state index is -0.542. The molecule has 0 aliphatic carbocycles. The first-order valence-corrected chi connectivity index (χ1v) is 5.00. The van der Waals surface area contributed by atoms with Crippen molar-refractivity contribution in [2.24, 2.45) is 7.05 Å². The lowest BCUT2D eigenvalue weighted by Crippen LogP contribution is -1.99. The van der Waals surface area contributed by atoms with Gasteiger partial charge in [0.2, 0.25) is 0 Å². The molecular weight excluding hydrogens is 221 g/mol. The van der Waals surface area contributed by atoms with Gasteiger partial charge >= 0.3 is 0 Å². The van der Waals surface area contributed by atoms with Crippen molar-refractivity contribution >= 4 is 0 Å². The van der Waals surface area contributed by atoms with Gasteiger partial charge in [0, 0.05) is 13.2 Å². The van der Waals surface area contributed by atoms with E-state index in [1.807, 2.05) is 6.07 Å². The number of hydrogen-bond acceptors (Lipinski definition) is 3. The molecule has 1 aromatic heterocycles. The van der Waals surface area contributed by atoms with Gasteiger partial charge < -0.3 is 4.74 Å². The van der Waals surface area contributed by atoms with Crippen LogP contribution in [0.2, 0.25) is 0 Å². The molecule has 0 amide bonds. The molecule has 5 heteroatoms. The second-order valence-electron chi connectivity index (χ2n) is 3.53. The van der Waals surface area contributed by atoms with Gasteiger partial charge in [0.25, 0.3) is 0 Å². The molecule has 1 heterocycles. The van der Waals surface area contributed by atoms with Crippen molar-refractivity contribution in [1.82, 2.24) is 9.78 Å². The lowest BCUT2D eigenvalue weighted by Gasteiger charge is -2.05. The topological polar surface area (TPSA) is 50.8 Å². The fourth-order valence-electron chi connectivity index (χ4n) is 1.38. The molecule has 0 saturated heterocycles. The third-order valence-electron chi connectivity index (χ3n) is 2.21. The van der Waals surface area contributed by atoms with Crippen molar-refractivity contribution in [3.8, 4) is 11.8 Å². The number of halogens is 1. The van der Waals surface area contributed by atoms with Gasteiger partial charge in [0.15, 0.2) is 11.6 Å². The molecule has 0 saturated carbocycles. The van der Waals surface area contributed by atoms with Crippen molar-refractivity contribution < 1.29 is 9.13 Å².